The topological polar surface area (TPSA) is 57.2 Å². The van der Waals surface area contributed by atoms with Gasteiger partial charge in [-0.3, -0.25) is 4.79 Å². The normalized spacial score (nSPS) is 14.8. The van der Waals surface area contributed by atoms with Gasteiger partial charge in [0.15, 0.2) is 23.0 Å². The van der Waals surface area contributed by atoms with Crippen LogP contribution in [-0.4, -0.2) is 45.8 Å². The van der Waals surface area contributed by atoms with E-state index in [0.29, 0.717) is 41.5 Å². The number of hydrogen-bond donors (Lipinski definition) is 0. The van der Waals surface area contributed by atoms with Gasteiger partial charge >= 0.3 is 0 Å². The summed E-state index contributed by atoms with van der Waals surface area (Å²) in [6.45, 7) is 2.73. The van der Waals surface area contributed by atoms with E-state index in [9.17, 15) is 4.79 Å². The van der Waals surface area contributed by atoms with Crippen molar-refractivity contribution in [3.05, 3.63) is 82.4 Å². The number of carbonyl (C=O) groups excluding carboxylic acids is 1. The lowest BCUT2D eigenvalue weighted by Crippen LogP contribution is -2.41. The van der Waals surface area contributed by atoms with Crippen molar-refractivity contribution in [2.24, 2.45) is 0 Å². The molecule has 0 bridgehead atoms. The summed E-state index contributed by atoms with van der Waals surface area (Å²) in [4.78, 5) is 15.7. The average Bonchev–Trinajstić information content (AvgIpc) is 2.91. The van der Waals surface area contributed by atoms with Crippen LogP contribution in [0.15, 0.2) is 54.6 Å². The summed E-state index contributed by atoms with van der Waals surface area (Å²) < 4.78 is 22.1. The summed E-state index contributed by atoms with van der Waals surface area (Å²) in [5.41, 5.74) is 5.20. The summed E-state index contributed by atoms with van der Waals surface area (Å²) in [6.07, 6.45) is 2.31. The van der Waals surface area contributed by atoms with E-state index in [-0.39, 0.29) is 11.9 Å². The highest BCUT2D eigenvalue weighted by Gasteiger charge is 2.33. The average molecular weight is 476 g/mol. The van der Waals surface area contributed by atoms with Crippen LogP contribution < -0.4 is 18.9 Å². The Morgan fingerprint density at radius 1 is 0.800 bits per heavy atom. The van der Waals surface area contributed by atoms with Gasteiger partial charge in [-0.25, -0.2) is 0 Å². The van der Waals surface area contributed by atoms with Crippen LogP contribution >= 0.6 is 0 Å². The monoisotopic (exact) mass is 475 g/mol. The van der Waals surface area contributed by atoms with E-state index < -0.39 is 0 Å². The van der Waals surface area contributed by atoms with Gasteiger partial charge in [0.05, 0.1) is 34.5 Å². The van der Waals surface area contributed by atoms with Crippen molar-refractivity contribution < 1.29 is 23.7 Å². The second kappa shape index (κ2) is 10.7. The molecule has 184 valence electrons. The number of carbonyl (C=O) groups is 1. The molecular weight excluding hydrogens is 442 g/mol. The van der Waals surface area contributed by atoms with Crippen molar-refractivity contribution in [1.82, 2.24) is 4.90 Å². The molecule has 0 aliphatic carbocycles. The standard InChI is InChI=1S/C29H33NO5/c1-6-19-7-10-21(11-8-19)29(31)30-14-13-22-17-27(34-4)28(35-5)18-23(22)24(30)15-20-9-12-25(32-2)26(16-20)33-3/h7-12,16-18,24H,6,13-15H2,1-5H3/t24-/m0/s1. The van der Waals surface area contributed by atoms with E-state index in [1.54, 1.807) is 28.4 Å². The lowest BCUT2D eigenvalue weighted by atomic mass is 9.87. The molecule has 0 spiro atoms. The van der Waals surface area contributed by atoms with Gasteiger partial charge in [0.25, 0.3) is 5.91 Å². The molecule has 6 nitrogen and oxygen atoms in total. The van der Waals surface area contributed by atoms with Crippen molar-refractivity contribution in [2.45, 2.75) is 32.2 Å². The van der Waals surface area contributed by atoms with Crippen molar-refractivity contribution in [3.63, 3.8) is 0 Å². The fourth-order valence-electron chi connectivity index (χ4n) is 4.77. The molecule has 0 fully saturated rings. The maximum Gasteiger partial charge on any atom is 0.254 e. The molecule has 1 aliphatic rings. The Kier molecular flexibility index (Phi) is 7.49. The second-order valence-corrected chi connectivity index (χ2v) is 8.61. The Hall–Kier alpha value is -3.67. The summed E-state index contributed by atoms with van der Waals surface area (Å²) in [5, 5.41) is 0. The molecule has 3 aromatic carbocycles. The van der Waals surface area contributed by atoms with Crippen LogP contribution in [-0.2, 0) is 19.3 Å². The fourth-order valence-corrected chi connectivity index (χ4v) is 4.77. The fraction of sp³-hybridized carbons (Fsp3) is 0.345. The summed E-state index contributed by atoms with van der Waals surface area (Å²) in [6, 6.07) is 17.7. The molecule has 0 unspecified atom stereocenters. The Morgan fingerprint density at radius 3 is 2.03 bits per heavy atom. The maximum atomic E-state index is 13.7. The number of nitrogens with zero attached hydrogens (tertiary/aromatic N) is 1. The first-order valence-corrected chi connectivity index (χ1v) is 11.9. The molecule has 4 rings (SSSR count). The third-order valence-corrected chi connectivity index (χ3v) is 6.75. The summed E-state index contributed by atoms with van der Waals surface area (Å²) in [7, 11) is 6.53. The first kappa shape index (κ1) is 24.5. The first-order valence-electron chi connectivity index (χ1n) is 11.9. The lowest BCUT2D eigenvalue weighted by molar-refractivity contribution is 0.0659. The number of methoxy groups -OCH3 is 4. The van der Waals surface area contributed by atoms with Crippen molar-refractivity contribution in [2.75, 3.05) is 35.0 Å². The number of aryl methyl sites for hydroxylation is 1. The van der Waals surface area contributed by atoms with E-state index in [2.05, 4.69) is 6.92 Å². The maximum absolute atomic E-state index is 13.7. The molecule has 1 amide bonds. The van der Waals surface area contributed by atoms with Crippen molar-refractivity contribution >= 4 is 5.91 Å². The van der Waals surface area contributed by atoms with Crippen LogP contribution in [0.5, 0.6) is 23.0 Å². The van der Waals surface area contributed by atoms with Gasteiger partial charge < -0.3 is 23.8 Å². The highest BCUT2D eigenvalue weighted by atomic mass is 16.5. The molecule has 3 aromatic rings. The van der Waals surface area contributed by atoms with Gasteiger partial charge in [0.2, 0.25) is 0 Å². The minimum Gasteiger partial charge on any atom is -0.493 e. The number of benzene rings is 3. The largest absolute Gasteiger partial charge is 0.493 e. The highest BCUT2D eigenvalue weighted by Crippen LogP contribution is 2.41. The SMILES string of the molecule is CCc1ccc(C(=O)N2CCc3cc(OC)c(OC)cc3[C@@H]2Cc2ccc(OC)c(OC)c2)cc1. The zero-order chi connectivity index (χ0) is 24.9. The highest BCUT2D eigenvalue weighted by molar-refractivity contribution is 5.94. The third kappa shape index (κ3) is 4.92. The summed E-state index contributed by atoms with van der Waals surface area (Å²) in [5.74, 6) is 2.73. The van der Waals surface area contributed by atoms with E-state index in [1.807, 2.05) is 59.5 Å². The quantitative estimate of drug-likeness (QED) is 0.445. The number of ether oxygens (including phenoxy) is 4. The van der Waals surface area contributed by atoms with Gasteiger partial charge in [-0.15, -0.1) is 0 Å². The summed E-state index contributed by atoms with van der Waals surface area (Å²) >= 11 is 0. The van der Waals surface area contributed by atoms with Gasteiger partial charge in [0, 0.05) is 12.1 Å². The van der Waals surface area contributed by atoms with Gasteiger partial charge in [-0.1, -0.05) is 25.1 Å². The number of amides is 1. The first-order chi connectivity index (χ1) is 17.0. The van der Waals surface area contributed by atoms with Crippen LogP contribution in [0.1, 0.15) is 45.6 Å². The Morgan fingerprint density at radius 2 is 1.40 bits per heavy atom. The molecular formula is C29H33NO5. The molecule has 1 aliphatic heterocycles. The van der Waals surface area contributed by atoms with Crippen molar-refractivity contribution in [1.29, 1.82) is 0 Å². The van der Waals surface area contributed by atoms with Crippen molar-refractivity contribution in [3.8, 4) is 23.0 Å². The molecule has 0 N–H and O–H groups in total. The smallest absolute Gasteiger partial charge is 0.254 e. The van der Waals surface area contributed by atoms with Gasteiger partial charge in [-0.2, -0.15) is 0 Å². The molecule has 1 atom stereocenters. The third-order valence-electron chi connectivity index (χ3n) is 6.75. The Labute approximate surface area is 207 Å². The Balaban J connectivity index is 1.76. The molecule has 0 radical (unpaired) electrons. The zero-order valence-electron chi connectivity index (χ0n) is 21.1. The van der Waals surface area contributed by atoms with Crippen LogP contribution in [0, 0.1) is 0 Å². The number of rotatable bonds is 8. The Bertz CT molecular complexity index is 1190. The number of hydrogen-bond acceptors (Lipinski definition) is 5. The van der Waals surface area contributed by atoms with Crippen LogP contribution in [0.2, 0.25) is 0 Å². The van der Waals surface area contributed by atoms with Crippen LogP contribution in [0.4, 0.5) is 0 Å². The zero-order valence-corrected chi connectivity index (χ0v) is 21.1. The van der Waals surface area contributed by atoms with Gasteiger partial charge in [-0.05, 0) is 77.9 Å². The van der Waals surface area contributed by atoms with E-state index in [0.717, 1.165) is 24.0 Å². The minimum absolute atomic E-state index is 0.0264. The molecule has 1 heterocycles. The number of fused-ring (bicyclic) bond motifs is 1. The van der Waals surface area contributed by atoms with E-state index in [4.69, 9.17) is 18.9 Å². The minimum atomic E-state index is -0.171. The van der Waals surface area contributed by atoms with E-state index >= 15 is 0 Å². The van der Waals surface area contributed by atoms with Crippen LogP contribution in [0.3, 0.4) is 0 Å². The molecule has 6 heteroatoms. The van der Waals surface area contributed by atoms with Gasteiger partial charge in [0.1, 0.15) is 0 Å². The van der Waals surface area contributed by atoms with E-state index in [1.165, 1.54) is 11.1 Å². The predicted octanol–water partition coefficient (Wildman–Crippen LogP) is 5.27. The molecule has 0 aromatic heterocycles. The predicted molar refractivity (Wildman–Crippen MR) is 136 cm³/mol. The molecule has 0 saturated heterocycles. The second-order valence-electron chi connectivity index (χ2n) is 8.61. The molecule has 35 heavy (non-hydrogen) atoms. The lowest BCUT2D eigenvalue weighted by Gasteiger charge is -2.38. The molecule has 0 saturated carbocycles. The van der Waals surface area contributed by atoms with Crippen LogP contribution in [0.25, 0.3) is 0 Å².